The summed E-state index contributed by atoms with van der Waals surface area (Å²) in [7, 11) is 0. The number of carbonyl (C=O) groups is 1. The van der Waals surface area contributed by atoms with Gasteiger partial charge in [-0.15, -0.1) is 0 Å². The fourth-order valence-corrected chi connectivity index (χ4v) is 2.88. The summed E-state index contributed by atoms with van der Waals surface area (Å²) in [5.74, 6) is 2.20. The van der Waals surface area contributed by atoms with Crippen LogP contribution in [-0.2, 0) is 17.4 Å². The van der Waals surface area contributed by atoms with Crippen molar-refractivity contribution in [1.82, 2.24) is 9.97 Å². The number of rotatable bonds is 6. The van der Waals surface area contributed by atoms with Crippen molar-refractivity contribution in [3.63, 3.8) is 0 Å². The van der Waals surface area contributed by atoms with Crippen LogP contribution in [0.3, 0.4) is 0 Å². The maximum absolute atomic E-state index is 12.6. The molecular weight excluding hydrogens is 395 g/mol. The van der Waals surface area contributed by atoms with Gasteiger partial charge in [0, 0.05) is 12.1 Å². The molecule has 8 heteroatoms. The van der Waals surface area contributed by atoms with Gasteiger partial charge >= 0.3 is 6.18 Å². The van der Waals surface area contributed by atoms with Gasteiger partial charge in [-0.1, -0.05) is 12.1 Å². The first-order valence-corrected chi connectivity index (χ1v) is 9.44. The average molecular weight is 413 g/mol. The maximum atomic E-state index is 12.6. The van der Waals surface area contributed by atoms with Crippen molar-refractivity contribution in [3.8, 4) is 11.5 Å². The zero-order valence-electron chi connectivity index (χ0n) is 15.8. The third-order valence-electron chi connectivity index (χ3n) is 4.59. The molecule has 0 bridgehead atoms. The second-order valence-electron chi connectivity index (χ2n) is 7.07. The fraction of sp³-hybridized carbons (Fsp3) is 0.227. The summed E-state index contributed by atoms with van der Waals surface area (Å²) in [5.41, 5.74) is 0.0351. The maximum Gasteiger partial charge on any atom is 0.416 e. The Morgan fingerprint density at radius 3 is 2.23 bits per heavy atom. The van der Waals surface area contributed by atoms with Crippen LogP contribution in [0.25, 0.3) is 0 Å². The molecule has 1 aliphatic rings. The van der Waals surface area contributed by atoms with Crippen LogP contribution in [0.5, 0.6) is 11.5 Å². The Labute approximate surface area is 170 Å². The van der Waals surface area contributed by atoms with E-state index in [4.69, 9.17) is 4.74 Å². The van der Waals surface area contributed by atoms with Gasteiger partial charge in [0.25, 0.3) is 0 Å². The van der Waals surface area contributed by atoms with Crippen molar-refractivity contribution in [3.05, 3.63) is 77.7 Å². The van der Waals surface area contributed by atoms with E-state index in [9.17, 15) is 18.0 Å². The smallest absolute Gasteiger partial charge is 0.416 e. The van der Waals surface area contributed by atoms with E-state index in [1.54, 1.807) is 36.5 Å². The summed E-state index contributed by atoms with van der Waals surface area (Å²) in [6.07, 6.45) is -0.421. The third kappa shape index (κ3) is 5.14. The highest BCUT2D eigenvalue weighted by molar-refractivity contribution is 5.91. The number of aromatic nitrogens is 2. The van der Waals surface area contributed by atoms with Crippen LogP contribution in [-0.4, -0.2) is 15.9 Å². The first-order chi connectivity index (χ1) is 14.4. The van der Waals surface area contributed by atoms with Crippen molar-refractivity contribution in [1.29, 1.82) is 0 Å². The van der Waals surface area contributed by atoms with E-state index < -0.39 is 11.7 Å². The summed E-state index contributed by atoms with van der Waals surface area (Å²) in [6.45, 7) is 0. The van der Waals surface area contributed by atoms with Crippen LogP contribution >= 0.6 is 0 Å². The van der Waals surface area contributed by atoms with Crippen LogP contribution < -0.4 is 10.1 Å². The number of hydrogen-bond acceptors (Lipinski definition) is 4. The Balaban J connectivity index is 1.33. The summed E-state index contributed by atoms with van der Waals surface area (Å²) >= 11 is 0. The zero-order valence-corrected chi connectivity index (χ0v) is 15.8. The highest BCUT2D eigenvalue weighted by Gasteiger charge is 2.30. The van der Waals surface area contributed by atoms with Crippen LogP contribution in [0.4, 0.5) is 19.0 Å². The highest BCUT2D eigenvalue weighted by atomic mass is 19.4. The van der Waals surface area contributed by atoms with Gasteiger partial charge in [-0.05, 0) is 60.9 Å². The molecule has 1 heterocycles. The van der Waals surface area contributed by atoms with Crippen molar-refractivity contribution in [2.45, 2.75) is 31.4 Å². The van der Waals surface area contributed by atoms with Gasteiger partial charge in [0.15, 0.2) is 0 Å². The molecule has 1 fully saturated rings. The molecule has 1 aliphatic carbocycles. The molecule has 2 aromatic carbocycles. The molecular formula is C22H18F3N3O2. The topological polar surface area (TPSA) is 64.1 Å². The Hall–Kier alpha value is -3.42. The molecule has 5 nitrogen and oxygen atoms in total. The summed E-state index contributed by atoms with van der Waals surface area (Å²) in [4.78, 5) is 20.9. The predicted molar refractivity (Wildman–Crippen MR) is 104 cm³/mol. The van der Waals surface area contributed by atoms with Gasteiger partial charge in [0.2, 0.25) is 5.91 Å². The number of anilines is 1. The molecule has 0 atom stereocenters. The van der Waals surface area contributed by atoms with E-state index in [1.165, 1.54) is 12.1 Å². The molecule has 1 aromatic heterocycles. The summed E-state index contributed by atoms with van der Waals surface area (Å²) in [5, 5.41) is 2.77. The van der Waals surface area contributed by atoms with E-state index in [0.717, 1.165) is 36.4 Å². The number of benzene rings is 2. The largest absolute Gasteiger partial charge is 0.457 e. The minimum atomic E-state index is -4.38. The van der Waals surface area contributed by atoms with Gasteiger partial charge in [-0.3, -0.25) is 4.79 Å². The van der Waals surface area contributed by atoms with Crippen molar-refractivity contribution >= 4 is 11.7 Å². The number of halogens is 3. The highest BCUT2D eigenvalue weighted by Crippen LogP contribution is 2.38. The molecule has 1 N–H and O–H groups in total. The molecule has 4 rings (SSSR count). The number of nitrogens with one attached hydrogen (secondary N) is 1. The molecule has 3 aromatic rings. The Morgan fingerprint density at radius 2 is 1.63 bits per heavy atom. The normalized spacial score (nSPS) is 13.7. The van der Waals surface area contributed by atoms with Crippen molar-refractivity contribution in [2.24, 2.45) is 0 Å². The number of alkyl halides is 3. The van der Waals surface area contributed by atoms with Crippen molar-refractivity contribution in [2.75, 3.05) is 5.32 Å². The zero-order chi connectivity index (χ0) is 21.1. The Morgan fingerprint density at radius 1 is 1.00 bits per heavy atom. The molecule has 0 aliphatic heterocycles. The molecule has 1 amide bonds. The van der Waals surface area contributed by atoms with Crippen LogP contribution in [0.1, 0.15) is 35.7 Å². The lowest BCUT2D eigenvalue weighted by molar-refractivity contribution is -0.137. The number of nitrogens with zero attached hydrogens (tertiary/aromatic N) is 2. The van der Waals surface area contributed by atoms with E-state index >= 15 is 0 Å². The van der Waals surface area contributed by atoms with Gasteiger partial charge in [-0.25, -0.2) is 9.97 Å². The second-order valence-corrected chi connectivity index (χ2v) is 7.07. The van der Waals surface area contributed by atoms with Gasteiger partial charge in [0.05, 0.1) is 12.0 Å². The molecule has 0 unspecified atom stereocenters. The lowest BCUT2D eigenvalue weighted by atomic mass is 10.1. The molecule has 154 valence electrons. The quantitative estimate of drug-likeness (QED) is 0.592. The number of ether oxygens (including phenoxy) is 1. The molecule has 0 radical (unpaired) electrons. The van der Waals surface area contributed by atoms with Crippen LogP contribution in [0.15, 0.2) is 60.8 Å². The first kappa shape index (κ1) is 19.9. The van der Waals surface area contributed by atoms with Crippen LogP contribution in [0.2, 0.25) is 0 Å². The van der Waals surface area contributed by atoms with E-state index in [0.29, 0.717) is 23.2 Å². The average Bonchev–Trinajstić information content (AvgIpc) is 3.55. The SMILES string of the molecule is O=C(Cc1ccc(Oc2ccc(C(F)(F)F)cc2)cc1)Nc1ccnc(C2CC2)n1. The van der Waals surface area contributed by atoms with Crippen molar-refractivity contribution < 1.29 is 22.7 Å². The monoisotopic (exact) mass is 413 g/mol. The Kier molecular flexibility index (Phi) is 5.39. The number of hydrogen-bond donors (Lipinski definition) is 1. The minimum Gasteiger partial charge on any atom is -0.457 e. The lowest BCUT2D eigenvalue weighted by Crippen LogP contribution is -2.15. The fourth-order valence-electron chi connectivity index (χ4n) is 2.88. The van der Waals surface area contributed by atoms with Gasteiger partial charge in [0.1, 0.15) is 23.1 Å². The van der Waals surface area contributed by atoms with Gasteiger partial charge < -0.3 is 10.1 Å². The number of carbonyl (C=O) groups excluding carboxylic acids is 1. The molecule has 1 saturated carbocycles. The molecule has 0 spiro atoms. The Bertz CT molecular complexity index is 1030. The second kappa shape index (κ2) is 8.14. The van der Waals surface area contributed by atoms with E-state index in [1.807, 2.05) is 0 Å². The molecule has 30 heavy (non-hydrogen) atoms. The van der Waals surface area contributed by atoms with E-state index in [-0.39, 0.29) is 12.3 Å². The van der Waals surface area contributed by atoms with E-state index in [2.05, 4.69) is 15.3 Å². The third-order valence-corrected chi connectivity index (χ3v) is 4.59. The lowest BCUT2D eigenvalue weighted by Gasteiger charge is -2.10. The standard InChI is InChI=1S/C22H18F3N3O2/c23-22(24,25)16-5-9-18(10-6-16)30-17-7-1-14(2-8-17)13-20(29)27-19-11-12-26-21(28-19)15-3-4-15/h1-2,5-12,15H,3-4,13H2,(H,26,27,28,29). The summed E-state index contributed by atoms with van der Waals surface area (Å²) in [6, 6.07) is 12.9. The first-order valence-electron chi connectivity index (χ1n) is 9.44. The minimum absolute atomic E-state index is 0.156. The van der Waals surface area contributed by atoms with Gasteiger partial charge in [-0.2, -0.15) is 13.2 Å². The summed E-state index contributed by atoms with van der Waals surface area (Å²) < 4.78 is 43.4. The van der Waals surface area contributed by atoms with Crippen LogP contribution in [0, 0.1) is 0 Å². The predicted octanol–water partition coefficient (Wildman–Crippen LogP) is 5.35. The molecule has 0 saturated heterocycles. The number of amides is 1.